The monoisotopic (exact) mass is 295 g/mol. The Morgan fingerprint density at radius 2 is 1.89 bits per heavy atom. The van der Waals surface area contributed by atoms with Gasteiger partial charge in [0, 0.05) is 6.54 Å². The molecule has 0 saturated carbocycles. The average molecular weight is 296 g/mol. The third kappa shape index (κ3) is 4.05. The second kappa shape index (κ2) is 6.69. The van der Waals surface area contributed by atoms with Gasteiger partial charge in [0.1, 0.15) is 12.4 Å². The van der Waals surface area contributed by atoms with E-state index in [9.17, 15) is 0 Å². The molecule has 0 fully saturated rings. The third-order valence-electron chi connectivity index (χ3n) is 2.63. The van der Waals surface area contributed by atoms with Gasteiger partial charge < -0.3 is 10.1 Å². The number of hydrogen-bond donors (Lipinski definition) is 1. The fourth-order valence-electron chi connectivity index (χ4n) is 1.70. The van der Waals surface area contributed by atoms with Gasteiger partial charge in [0.05, 0.1) is 15.7 Å². The van der Waals surface area contributed by atoms with Crippen molar-refractivity contribution in [2.45, 2.75) is 6.92 Å². The second-order valence-corrected chi connectivity index (χ2v) is 4.98. The van der Waals surface area contributed by atoms with Crippen LogP contribution in [0.1, 0.15) is 5.56 Å². The van der Waals surface area contributed by atoms with Crippen molar-refractivity contribution in [1.82, 2.24) is 0 Å². The summed E-state index contributed by atoms with van der Waals surface area (Å²) in [5.74, 6) is 0.874. The molecule has 0 aliphatic rings. The molecule has 2 aromatic rings. The van der Waals surface area contributed by atoms with E-state index in [1.165, 1.54) is 5.56 Å². The number of anilines is 1. The van der Waals surface area contributed by atoms with Gasteiger partial charge in [-0.1, -0.05) is 41.4 Å². The maximum atomic E-state index is 6.07. The summed E-state index contributed by atoms with van der Waals surface area (Å²) in [5.41, 5.74) is 2.00. The van der Waals surface area contributed by atoms with E-state index >= 15 is 0 Å². The molecular weight excluding hydrogens is 281 g/mol. The van der Waals surface area contributed by atoms with Gasteiger partial charge in [-0.05, 0) is 36.8 Å². The SMILES string of the molecule is Cc1cccc(OCCNc2cccc(Cl)c2Cl)c1. The fourth-order valence-corrected chi connectivity index (χ4v) is 2.07. The average Bonchev–Trinajstić information content (AvgIpc) is 2.39. The van der Waals surface area contributed by atoms with Crippen molar-refractivity contribution in [3.05, 3.63) is 58.1 Å². The Bertz CT molecular complexity index is 558. The molecule has 0 heterocycles. The number of rotatable bonds is 5. The molecule has 2 nitrogen and oxygen atoms in total. The molecular formula is C15H15Cl2NO. The van der Waals surface area contributed by atoms with Gasteiger partial charge >= 0.3 is 0 Å². The van der Waals surface area contributed by atoms with E-state index in [2.05, 4.69) is 5.32 Å². The number of aryl methyl sites for hydroxylation is 1. The maximum Gasteiger partial charge on any atom is 0.119 e. The first-order chi connectivity index (χ1) is 9.16. The second-order valence-electron chi connectivity index (χ2n) is 4.19. The molecule has 0 unspecified atom stereocenters. The van der Waals surface area contributed by atoms with Crippen molar-refractivity contribution < 1.29 is 4.74 Å². The Balaban J connectivity index is 1.82. The van der Waals surface area contributed by atoms with Gasteiger partial charge in [0.15, 0.2) is 0 Å². The van der Waals surface area contributed by atoms with Crippen molar-refractivity contribution in [1.29, 1.82) is 0 Å². The summed E-state index contributed by atoms with van der Waals surface area (Å²) in [5, 5.41) is 4.29. The first kappa shape index (κ1) is 14.0. The molecule has 1 N–H and O–H groups in total. The summed E-state index contributed by atoms with van der Waals surface area (Å²) < 4.78 is 5.64. The van der Waals surface area contributed by atoms with Crippen molar-refractivity contribution in [3.63, 3.8) is 0 Å². The van der Waals surface area contributed by atoms with Crippen LogP contribution in [0.5, 0.6) is 5.75 Å². The van der Waals surface area contributed by atoms with Crippen molar-refractivity contribution in [3.8, 4) is 5.75 Å². The number of nitrogens with one attached hydrogen (secondary N) is 1. The minimum atomic E-state index is 0.541. The Labute approximate surface area is 123 Å². The predicted octanol–water partition coefficient (Wildman–Crippen LogP) is 4.79. The van der Waals surface area contributed by atoms with Gasteiger partial charge in [0.2, 0.25) is 0 Å². The number of hydrogen-bond acceptors (Lipinski definition) is 2. The predicted molar refractivity (Wildman–Crippen MR) is 81.6 cm³/mol. The Kier molecular flexibility index (Phi) is 4.94. The third-order valence-corrected chi connectivity index (χ3v) is 3.45. The van der Waals surface area contributed by atoms with E-state index in [4.69, 9.17) is 27.9 Å². The largest absolute Gasteiger partial charge is 0.492 e. The molecule has 4 heteroatoms. The number of halogens is 2. The van der Waals surface area contributed by atoms with E-state index in [0.717, 1.165) is 11.4 Å². The maximum absolute atomic E-state index is 6.07. The molecule has 0 bridgehead atoms. The molecule has 19 heavy (non-hydrogen) atoms. The zero-order chi connectivity index (χ0) is 13.7. The van der Waals surface area contributed by atoms with Crippen LogP contribution in [0, 0.1) is 6.92 Å². The van der Waals surface area contributed by atoms with Crippen molar-refractivity contribution in [2.24, 2.45) is 0 Å². The minimum absolute atomic E-state index is 0.541. The van der Waals surface area contributed by atoms with E-state index in [1.807, 2.05) is 43.3 Å². The quantitative estimate of drug-likeness (QED) is 0.801. The summed E-state index contributed by atoms with van der Waals surface area (Å²) in [6.45, 7) is 3.26. The lowest BCUT2D eigenvalue weighted by Gasteiger charge is -2.10. The van der Waals surface area contributed by atoms with Gasteiger partial charge in [-0.25, -0.2) is 0 Å². The van der Waals surface area contributed by atoms with E-state index in [1.54, 1.807) is 6.07 Å². The summed E-state index contributed by atoms with van der Waals surface area (Å²) in [4.78, 5) is 0. The molecule has 0 atom stereocenters. The number of ether oxygens (including phenoxy) is 1. The molecule has 0 amide bonds. The number of benzene rings is 2. The molecule has 0 radical (unpaired) electrons. The molecule has 0 aliphatic carbocycles. The molecule has 0 spiro atoms. The first-order valence-electron chi connectivity index (χ1n) is 6.04. The highest BCUT2D eigenvalue weighted by atomic mass is 35.5. The zero-order valence-electron chi connectivity index (χ0n) is 10.6. The summed E-state index contributed by atoms with van der Waals surface area (Å²) in [6, 6.07) is 13.5. The molecule has 100 valence electrons. The van der Waals surface area contributed by atoms with Crippen LogP contribution in [-0.4, -0.2) is 13.2 Å². The van der Waals surface area contributed by atoms with Gasteiger partial charge in [-0.15, -0.1) is 0 Å². The lowest BCUT2D eigenvalue weighted by atomic mass is 10.2. The molecule has 2 aromatic carbocycles. The van der Waals surface area contributed by atoms with Gasteiger partial charge in [-0.3, -0.25) is 0 Å². The van der Waals surface area contributed by atoms with E-state index < -0.39 is 0 Å². The molecule has 0 saturated heterocycles. The zero-order valence-corrected chi connectivity index (χ0v) is 12.1. The van der Waals surface area contributed by atoms with Crippen molar-refractivity contribution in [2.75, 3.05) is 18.5 Å². The van der Waals surface area contributed by atoms with Crippen LogP contribution in [0.15, 0.2) is 42.5 Å². The summed E-state index contributed by atoms with van der Waals surface area (Å²) in [6.07, 6.45) is 0. The van der Waals surface area contributed by atoms with Crippen LogP contribution in [-0.2, 0) is 0 Å². The standard InChI is InChI=1S/C15H15Cl2NO/c1-11-4-2-5-12(10-11)19-9-8-18-14-7-3-6-13(16)15(14)17/h2-7,10,18H,8-9H2,1H3. The molecule has 0 aromatic heterocycles. The van der Waals surface area contributed by atoms with Crippen molar-refractivity contribution >= 4 is 28.9 Å². The Morgan fingerprint density at radius 3 is 2.68 bits per heavy atom. The van der Waals surface area contributed by atoms with Crippen LogP contribution >= 0.6 is 23.2 Å². The highest BCUT2D eigenvalue weighted by Crippen LogP contribution is 2.29. The molecule has 0 aliphatic heterocycles. The summed E-state index contributed by atoms with van der Waals surface area (Å²) >= 11 is 12.0. The van der Waals surface area contributed by atoms with Crippen LogP contribution < -0.4 is 10.1 Å². The normalized spacial score (nSPS) is 10.3. The van der Waals surface area contributed by atoms with E-state index in [0.29, 0.717) is 23.2 Å². The van der Waals surface area contributed by atoms with Gasteiger partial charge in [0.25, 0.3) is 0 Å². The van der Waals surface area contributed by atoms with Crippen LogP contribution in [0.2, 0.25) is 10.0 Å². The fraction of sp³-hybridized carbons (Fsp3) is 0.200. The Hall–Kier alpha value is -1.38. The van der Waals surface area contributed by atoms with E-state index in [-0.39, 0.29) is 0 Å². The lowest BCUT2D eigenvalue weighted by molar-refractivity contribution is 0.332. The highest BCUT2D eigenvalue weighted by Gasteiger charge is 2.03. The van der Waals surface area contributed by atoms with Crippen LogP contribution in [0.25, 0.3) is 0 Å². The van der Waals surface area contributed by atoms with Crippen LogP contribution in [0.4, 0.5) is 5.69 Å². The van der Waals surface area contributed by atoms with Gasteiger partial charge in [-0.2, -0.15) is 0 Å². The topological polar surface area (TPSA) is 21.3 Å². The Morgan fingerprint density at radius 1 is 1.11 bits per heavy atom. The first-order valence-corrected chi connectivity index (χ1v) is 6.80. The molecule has 2 rings (SSSR count). The van der Waals surface area contributed by atoms with Crippen LogP contribution in [0.3, 0.4) is 0 Å². The minimum Gasteiger partial charge on any atom is -0.492 e. The lowest BCUT2D eigenvalue weighted by Crippen LogP contribution is -2.11. The summed E-state index contributed by atoms with van der Waals surface area (Å²) in [7, 11) is 0. The smallest absolute Gasteiger partial charge is 0.119 e. The highest BCUT2D eigenvalue weighted by molar-refractivity contribution is 6.43.